The van der Waals surface area contributed by atoms with Crippen LogP contribution >= 0.6 is 23.8 Å². The second kappa shape index (κ2) is 7.05. The molecule has 5 heteroatoms. The van der Waals surface area contributed by atoms with Crippen LogP contribution in [-0.2, 0) is 0 Å². The number of halogens is 1. The van der Waals surface area contributed by atoms with Crippen LogP contribution in [0.3, 0.4) is 0 Å². The third-order valence-electron chi connectivity index (χ3n) is 3.24. The van der Waals surface area contributed by atoms with E-state index in [2.05, 4.69) is 23.7 Å². The van der Waals surface area contributed by atoms with Crippen molar-refractivity contribution in [1.29, 1.82) is 0 Å². The van der Waals surface area contributed by atoms with E-state index in [1.165, 1.54) is 0 Å². The highest BCUT2D eigenvalue weighted by Crippen LogP contribution is 2.28. The first-order valence-electron chi connectivity index (χ1n) is 7.05. The summed E-state index contributed by atoms with van der Waals surface area (Å²) >= 11 is 11.1. The summed E-state index contributed by atoms with van der Waals surface area (Å²) in [6.07, 6.45) is 2.53. The largest absolute Gasteiger partial charge is 0.393 e. The van der Waals surface area contributed by atoms with Gasteiger partial charge >= 0.3 is 0 Å². The number of rotatable bonds is 6. The second-order valence-electron chi connectivity index (χ2n) is 5.55. The van der Waals surface area contributed by atoms with Crippen LogP contribution in [0.2, 0.25) is 5.02 Å². The van der Waals surface area contributed by atoms with Gasteiger partial charge in [0, 0.05) is 41.8 Å². The number of benzene rings is 1. The van der Waals surface area contributed by atoms with Crippen molar-refractivity contribution in [3.63, 3.8) is 0 Å². The summed E-state index contributed by atoms with van der Waals surface area (Å²) in [5, 5.41) is 1.80. The molecule has 0 aliphatic heterocycles. The molecule has 1 aromatic carbocycles. The van der Waals surface area contributed by atoms with E-state index in [0.717, 1.165) is 29.7 Å². The zero-order chi connectivity index (χ0) is 15.4. The van der Waals surface area contributed by atoms with Crippen molar-refractivity contribution in [2.75, 3.05) is 18.0 Å². The van der Waals surface area contributed by atoms with Crippen LogP contribution in [0.25, 0.3) is 10.9 Å². The molecule has 0 aliphatic rings. The molecule has 3 nitrogen and oxygen atoms in total. The van der Waals surface area contributed by atoms with Gasteiger partial charge in [0.15, 0.2) is 0 Å². The van der Waals surface area contributed by atoms with Crippen molar-refractivity contribution in [1.82, 2.24) is 4.98 Å². The summed E-state index contributed by atoms with van der Waals surface area (Å²) in [5.74, 6) is 0.548. The Hall–Kier alpha value is -1.39. The van der Waals surface area contributed by atoms with Crippen LogP contribution in [-0.4, -0.2) is 23.1 Å². The topological polar surface area (TPSA) is 42.1 Å². The summed E-state index contributed by atoms with van der Waals surface area (Å²) in [5.41, 5.74) is 7.72. The molecule has 112 valence electrons. The second-order valence-corrected chi connectivity index (χ2v) is 6.51. The minimum absolute atomic E-state index is 0.546. The van der Waals surface area contributed by atoms with Gasteiger partial charge in [0.25, 0.3) is 0 Å². The van der Waals surface area contributed by atoms with E-state index in [1.54, 1.807) is 0 Å². The molecule has 0 spiro atoms. The smallest absolute Gasteiger partial charge is 0.0745 e. The molecule has 1 heterocycles. The predicted molar refractivity (Wildman–Crippen MR) is 95.2 cm³/mol. The van der Waals surface area contributed by atoms with E-state index in [0.29, 0.717) is 22.3 Å². The zero-order valence-corrected chi connectivity index (χ0v) is 13.9. The quantitative estimate of drug-likeness (QED) is 0.816. The first-order chi connectivity index (χ1) is 9.97. The summed E-state index contributed by atoms with van der Waals surface area (Å²) in [4.78, 5) is 7.27. The van der Waals surface area contributed by atoms with Crippen molar-refractivity contribution in [2.45, 2.75) is 20.3 Å². The lowest BCUT2D eigenvalue weighted by Gasteiger charge is -2.27. The lowest BCUT2D eigenvalue weighted by atomic mass is 10.1. The fourth-order valence-electron chi connectivity index (χ4n) is 2.38. The van der Waals surface area contributed by atoms with Crippen LogP contribution in [0.5, 0.6) is 0 Å². The monoisotopic (exact) mass is 321 g/mol. The molecular weight excluding hydrogens is 302 g/mol. The van der Waals surface area contributed by atoms with Gasteiger partial charge in [-0.05, 0) is 30.2 Å². The van der Waals surface area contributed by atoms with E-state index in [1.807, 2.05) is 30.5 Å². The Labute approximate surface area is 136 Å². The minimum atomic E-state index is 0.546. The number of anilines is 1. The molecule has 0 saturated carbocycles. The molecule has 0 radical (unpaired) electrons. The van der Waals surface area contributed by atoms with Gasteiger partial charge in [-0.1, -0.05) is 37.7 Å². The highest BCUT2D eigenvalue weighted by atomic mass is 35.5. The number of pyridine rings is 1. The van der Waals surface area contributed by atoms with Crippen LogP contribution < -0.4 is 10.6 Å². The van der Waals surface area contributed by atoms with E-state index in [9.17, 15) is 0 Å². The predicted octanol–water partition coefficient (Wildman–Crippen LogP) is 4.03. The molecule has 0 amide bonds. The molecule has 1 aromatic heterocycles. The average molecular weight is 322 g/mol. The molecule has 0 saturated heterocycles. The minimum Gasteiger partial charge on any atom is -0.393 e. The van der Waals surface area contributed by atoms with E-state index in [4.69, 9.17) is 29.6 Å². The number of aromatic nitrogens is 1. The van der Waals surface area contributed by atoms with Crippen molar-refractivity contribution >= 4 is 45.4 Å². The maximum Gasteiger partial charge on any atom is 0.0745 e. The number of nitrogens with two attached hydrogens (primary N) is 1. The molecular formula is C16H20ClN3S. The van der Waals surface area contributed by atoms with E-state index in [-0.39, 0.29) is 0 Å². The summed E-state index contributed by atoms with van der Waals surface area (Å²) in [6.45, 7) is 6.17. The normalized spacial score (nSPS) is 11.0. The molecule has 21 heavy (non-hydrogen) atoms. The maximum absolute atomic E-state index is 6.05. The van der Waals surface area contributed by atoms with Gasteiger partial charge in [0.2, 0.25) is 0 Å². The number of thiocarbonyl (C=S) groups is 1. The van der Waals surface area contributed by atoms with Crippen LogP contribution in [0.4, 0.5) is 5.69 Å². The van der Waals surface area contributed by atoms with Gasteiger partial charge in [0.1, 0.15) is 0 Å². The highest BCUT2D eigenvalue weighted by molar-refractivity contribution is 7.80. The van der Waals surface area contributed by atoms with Crippen molar-refractivity contribution in [3.8, 4) is 0 Å². The van der Waals surface area contributed by atoms with E-state index < -0.39 is 0 Å². The SMILES string of the molecule is CC(C)CN(CCC(N)=S)c1ccnc2cc(Cl)ccc12. The molecule has 0 bridgehead atoms. The lowest BCUT2D eigenvalue weighted by molar-refractivity contribution is 0.615. The van der Waals surface area contributed by atoms with Gasteiger partial charge in [-0.15, -0.1) is 0 Å². The molecule has 2 aromatic rings. The molecule has 0 aliphatic carbocycles. The van der Waals surface area contributed by atoms with Crippen molar-refractivity contribution in [3.05, 3.63) is 35.5 Å². The Morgan fingerprint density at radius 3 is 2.81 bits per heavy atom. The third-order valence-corrected chi connectivity index (χ3v) is 3.68. The first-order valence-corrected chi connectivity index (χ1v) is 7.83. The molecule has 2 N–H and O–H groups in total. The maximum atomic E-state index is 6.05. The van der Waals surface area contributed by atoms with Gasteiger partial charge in [0.05, 0.1) is 10.5 Å². The Kier molecular flexibility index (Phi) is 5.37. The number of hydrogen-bond donors (Lipinski definition) is 1. The Balaban J connectivity index is 2.40. The van der Waals surface area contributed by atoms with Gasteiger partial charge < -0.3 is 10.6 Å². The summed E-state index contributed by atoms with van der Waals surface area (Å²) < 4.78 is 0. The summed E-state index contributed by atoms with van der Waals surface area (Å²) in [6, 6.07) is 7.85. The highest BCUT2D eigenvalue weighted by Gasteiger charge is 2.12. The molecule has 0 atom stereocenters. The van der Waals surface area contributed by atoms with Crippen molar-refractivity contribution < 1.29 is 0 Å². The Morgan fingerprint density at radius 2 is 2.14 bits per heavy atom. The molecule has 0 fully saturated rings. The standard InChI is InChI=1S/C16H20ClN3S/c1-11(2)10-20(8-6-16(18)21)15-5-7-19-14-9-12(17)3-4-13(14)15/h3-5,7,9,11H,6,8,10H2,1-2H3,(H2,18,21). The van der Waals surface area contributed by atoms with Gasteiger partial charge in [-0.2, -0.15) is 0 Å². The molecule has 2 rings (SSSR count). The number of hydrogen-bond acceptors (Lipinski definition) is 3. The Morgan fingerprint density at radius 1 is 1.38 bits per heavy atom. The third kappa shape index (κ3) is 4.29. The lowest BCUT2D eigenvalue weighted by Crippen LogP contribution is -2.31. The first kappa shape index (κ1) is 16.0. The van der Waals surface area contributed by atoms with Gasteiger partial charge in [-0.3, -0.25) is 4.98 Å². The van der Waals surface area contributed by atoms with Crippen LogP contribution in [0.1, 0.15) is 20.3 Å². The molecule has 0 unspecified atom stereocenters. The van der Waals surface area contributed by atoms with Gasteiger partial charge in [-0.25, -0.2) is 0 Å². The fourth-order valence-corrected chi connectivity index (χ4v) is 2.64. The summed E-state index contributed by atoms with van der Waals surface area (Å²) in [7, 11) is 0. The van der Waals surface area contributed by atoms with Crippen molar-refractivity contribution in [2.24, 2.45) is 11.7 Å². The van der Waals surface area contributed by atoms with E-state index >= 15 is 0 Å². The fraction of sp³-hybridized carbons (Fsp3) is 0.375. The van der Waals surface area contributed by atoms with Crippen LogP contribution in [0.15, 0.2) is 30.5 Å². The number of fused-ring (bicyclic) bond motifs is 1. The number of nitrogens with zero attached hydrogens (tertiary/aromatic N) is 2. The average Bonchev–Trinajstić information content (AvgIpc) is 2.42. The zero-order valence-electron chi connectivity index (χ0n) is 12.3. The Bertz CT molecular complexity index is 642. The van der Waals surface area contributed by atoms with Crippen LogP contribution in [0, 0.1) is 5.92 Å².